The van der Waals surface area contributed by atoms with Crippen LogP contribution in [-0.4, -0.2) is 38.8 Å². The first-order valence-corrected chi connectivity index (χ1v) is 12.1. The lowest BCUT2D eigenvalue weighted by Crippen LogP contribution is -2.49. The second-order valence-electron chi connectivity index (χ2n) is 9.31. The van der Waals surface area contributed by atoms with E-state index < -0.39 is 12.2 Å². The Kier molecular flexibility index (Phi) is 7.58. The van der Waals surface area contributed by atoms with E-state index >= 15 is 0 Å². The van der Waals surface area contributed by atoms with E-state index in [4.69, 9.17) is 0 Å². The lowest BCUT2D eigenvalue weighted by molar-refractivity contribution is -0.119. The summed E-state index contributed by atoms with van der Waals surface area (Å²) >= 11 is 0. The van der Waals surface area contributed by atoms with E-state index in [-0.39, 0.29) is 17.7 Å². The number of pyridine rings is 1. The molecule has 1 aromatic carbocycles. The molecule has 7 nitrogen and oxygen atoms in total. The molecule has 0 unspecified atom stereocenters. The number of carbonyl (C=O) groups excluding carboxylic acids is 2. The molecule has 2 aromatic heterocycles. The molecule has 1 aliphatic rings. The molecule has 1 fully saturated rings. The number of halogens is 1. The van der Waals surface area contributed by atoms with Crippen molar-refractivity contribution in [1.29, 1.82) is 0 Å². The molecule has 3 aromatic rings. The summed E-state index contributed by atoms with van der Waals surface area (Å²) in [4.78, 5) is 30.7. The molecule has 0 saturated heterocycles. The monoisotopic (exact) mass is 477 g/mol. The Morgan fingerprint density at radius 3 is 2.49 bits per heavy atom. The molecule has 3 atom stereocenters. The Morgan fingerprint density at radius 2 is 1.80 bits per heavy atom. The first-order valence-electron chi connectivity index (χ1n) is 12.1. The third-order valence-corrected chi connectivity index (χ3v) is 6.83. The summed E-state index contributed by atoms with van der Waals surface area (Å²) in [6, 6.07) is 10.4. The zero-order chi connectivity index (χ0) is 24.9. The van der Waals surface area contributed by atoms with Crippen molar-refractivity contribution in [2.75, 3.05) is 5.32 Å². The largest absolute Gasteiger partial charge is 0.339 e. The van der Waals surface area contributed by atoms with E-state index in [1.165, 1.54) is 10.9 Å². The van der Waals surface area contributed by atoms with Crippen molar-refractivity contribution >= 4 is 17.5 Å². The molecule has 2 heterocycles. The highest BCUT2D eigenvalue weighted by Gasteiger charge is 2.32. The van der Waals surface area contributed by atoms with Gasteiger partial charge < -0.3 is 10.6 Å². The van der Waals surface area contributed by atoms with Crippen LogP contribution in [0.5, 0.6) is 0 Å². The molecule has 0 aliphatic heterocycles. The van der Waals surface area contributed by atoms with E-state index in [2.05, 4.69) is 20.7 Å². The normalized spacial score (nSPS) is 19.0. The van der Waals surface area contributed by atoms with Crippen LogP contribution in [0.4, 0.5) is 10.1 Å². The van der Waals surface area contributed by atoms with Gasteiger partial charge in [-0.25, -0.2) is 4.39 Å². The van der Waals surface area contributed by atoms with Crippen molar-refractivity contribution in [2.24, 2.45) is 13.0 Å². The van der Waals surface area contributed by atoms with Crippen molar-refractivity contribution in [3.05, 3.63) is 65.7 Å². The van der Waals surface area contributed by atoms with Gasteiger partial charge >= 0.3 is 0 Å². The van der Waals surface area contributed by atoms with Gasteiger partial charge in [0.2, 0.25) is 5.91 Å². The molecular weight excluding hydrogens is 445 g/mol. The topological polar surface area (TPSA) is 88.9 Å². The molecule has 1 saturated carbocycles. The predicted octanol–water partition coefficient (Wildman–Crippen LogP) is 4.75. The summed E-state index contributed by atoms with van der Waals surface area (Å²) < 4.78 is 15.5. The van der Waals surface area contributed by atoms with Crippen molar-refractivity contribution in [3.8, 4) is 11.1 Å². The number of alkyl halides is 1. The highest BCUT2D eigenvalue weighted by molar-refractivity contribution is 6.00. The molecule has 0 spiro atoms. The molecule has 2 amide bonds. The Balaban J connectivity index is 1.53. The van der Waals surface area contributed by atoms with Crippen LogP contribution in [0.15, 0.2) is 48.8 Å². The van der Waals surface area contributed by atoms with E-state index in [1.54, 1.807) is 19.3 Å². The van der Waals surface area contributed by atoms with Crippen molar-refractivity contribution in [2.45, 2.75) is 58.2 Å². The minimum atomic E-state index is -0.858. The molecule has 184 valence electrons. The van der Waals surface area contributed by atoms with Crippen LogP contribution in [0.1, 0.15) is 53.8 Å². The zero-order valence-electron chi connectivity index (χ0n) is 20.4. The molecule has 0 radical (unpaired) electrons. The van der Waals surface area contributed by atoms with Gasteiger partial charge in [0.05, 0.1) is 0 Å². The van der Waals surface area contributed by atoms with Gasteiger partial charge in [0.1, 0.15) is 17.9 Å². The van der Waals surface area contributed by atoms with Gasteiger partial charge in [0.15, 0.2) is 0 Å². The highest BCUT2D eigenvalue weighted by Crippen LogP contribution is 2.29. The van der Waals surface area contributed by atoms with Crippen LogP contribution in [0, 0.1) is 19.8 Å². The number of amides is 2. The minimum absolute atomic E-state index is 0.145. The number of nitrogens with zero attached hydrogens (tertiary/aromatic N) is 3. The van der Waals surface area contributed by atoms with Gasteiger partial charge in [-0.05, 0) is 80.8 Å². The lowest BCUT2D eigenvalue weighted by Gasteiger charge is -2.26. The second kappa shape index (κ2) is 10.8. The SMILES string of the molecule is Cc1ccnc(C)c1-c1ccc(NC(=O)[C@@H](NC(=O)c2ccnn2C)[C@H]2CCC[C@H](F)CC2)cc1. The Labute approximate surface area is 205 Å². The van der Waals surface area contributed by atoms with Gasteiger partial charge in [-0.2, -0.15) is 5.10 Å². The van der Waals surface area contributed by atoms with E-state index in [0.717, 1.165) is 22.4 Å². The van der Waals surface area contributed by atoms with Crippen LogP contribution in [0.25, 0.3) is 11.1 Å². The van der Waals surface area contributed by atoms with Gasteiger partial charge in [-0.3, -0.25) is 19.3 Å². The summed E-state index contributed by atoms with van der Waals surface area (Å²) in [5.74, 6) is -0.818. The van der Waals surface area contributed by atoms with E-state index in [9.17, 15) is 14.0 Å². The average molecular weight is 478 g/mol. The van der Waals surface area contributed by atoms with Gasteiger partial charge in [0, 0.05) is 36.4 Å². The molecular formula is C27H32FN5O2. The highest BCUT2D eigenvalue weighted by atomic mass is 19.1. The number of benzene rings is 1. The molecule has 35 heavy (non-hydrogen) atoms. The summed E-state index contributed by atoms with van der Waals surface area (Å²) in [5, 5.41) is 9.90. The first-order chi connectivity index (χ1) is 16.8. The predicted molar refractivity (Wildman–Crippen MR) is 134 cm³/mol. The summed E-state index contributed by atoms with van der Waals surface area (Å²) in [7, 11) is 1.68. The third-order valence-electron chi connectivity index (χ3n) is 6.83. The maximum atomic E-state index is 14.0. The number of nitrogens with one attached hydrogen (secondary N) is 2. The number of hydrogen-bond donors (Lipinski definition) is 2. The van der Waals surface area contributed by atoms with E-state index in [1.807, 2.05) is 44.2 Å². The number of carbonyl (C=O) groups is 2. The van der Waals surface area contributed by atoms with Gasteiger partial charge in [-0.1, -0.05) is 18.6 Å². The summed E-state index contributed by atoms with van der Waals surface area (Å²) in [6.07, 6.45) is 5.28. The molecule has 1 aliphatic carbocycles. The second-order valence-corrected chi connectivity index (χ2v) is 9.31. The Hall–Kier alpha value is -3.55. The van der Waals surface area contributed by atoms with Gasteiger partial charge in [-0.15, -0.1) is 0 Å². The fourth-order valence-corrected chi connectivity index (χ4v) is 4.90. The molecule has 8 heteroatoms. The third kappa shape index (κ3) is 5.75. The van der Waals surface area contributed by atoms with Crippen LogP contribution in [-0.2, 0) is 11.8 Å². The number of anilines is 1. The van der Waals surface area contributed by atoms with Gasteiger partial charge in [0.25, 0.3) is 5.91 Å². The lowest BCUT2D eigenvalue weighted by atomic mass is 9.90. The average Bonchev–Trinajstić information content (AvgIpc) is 3.15. The summed E-state index contributed by atoms with van der Waals surface area (Å²) in [5.41, 5.74) is 5.17. The number of aryl methyl sites for hydroxylation is 3. The molecule has 4 rings (SSSR count). The quantitative estimate of drug-likeness (QED) is 0.501. The number of aromatic nitrogens is 3. The fourth-order valence-electron chi connectivity index (χ4n) is 4.90. The van der Waals surface area contributed by atoms with Crippen molar-refractivity contribution < 1.29 is 14.0 Å². The Bertz CT molecular complexity index is 1170. The zero-order valence-corrected chi connectivity index (χ0v) is 20.4. The van der Waals surface area contributed by atoms with Crippen LogP contribution >= 0.6 is 0 Å². The standard InChI is InChI=1S/C27H32FN5O2/c1-17-13-15-29-18(2)24(17)19-8-11-22(12-9-19)31-27(35)25(20-5-4-6-21(28)10-7-20)32-26(34)23-14-16-30-33(23)3/h8-9,11-16,20-21,25H,4-7,10H2,1-3H3,(H,31,35)(H,32,34)/t20-,21-,25-/m0/s1. The maximum Gasteiger partial charge on any atom is 0.270 e. The first kappa shape index (κ1) is 24.6. The molecule has 2 N–H and O–H groups in total. The Morgan fingerprint density at radius 1 is 1.03 bits per heavy atom. The minimum Gasteiger partial charge on any atom is -0.339 e. The number of rotatable bonds is 6. The van der Waals surface area contributed by atoms with E-state index in [0.29, 0.717) is 43.5 Å². The molecule has 0 bridgehead atoms. The van der Waals surface area contributed by atoms with Crippen LogP contribution in [0.2, 0.25) is 0 Å². The maximum absolute atomic E-state index is 14.0. The fraction of sp³-hybridized carbons (Fsp3) is 0.407. The van der Waals surface area contributed by atoms with Crippen LogP contribution in [0.3, 0.4) is 0 Å². The van der Waals surface area contributed by atoms with Crippen molar-refractivity contribution in [3.63, 3.8) is 0 Å². The smallest absolute Gasteiger partial charge is 0.270 e. The van der Waals surface area contributed by atoms with Crippen molar-refractivity contribution in [1.82, 2.24) is 20.1 Å². The number of hydrogen-bond acceptors (Lipinski definition) is 4. The summed E-state index contributed by atoms with van der Waals surface area (Å²) in [6.45, 7) is 4.02. The van der Waals surface area contributed by atoms with Crippen LogP contribution < -0.4 is 10.6 Å².